The number of aryl methyl sites for hydroxylation is 1. The minimum Gasteiger partial charge on any atom is -0.497 e. The van der Waals surface area contributed by atoms with E-state index in [0.717, 1.165) is 12.8 Å². The van der Waals surface area contributed by atoms with Crippen LogP contribution in [0.1, 0.15) is 24.1 Å². The van der Waals surface area contributed by atoms with Gasteiger partial charge in [-0.2, -0.15) is 9.40 Å². The Hall–Kier alpha value is -3.44. The van der Waals surface area contributed by atoms with Crippen LogP contribution in [0, 0.1) is 12.7 Å². The average molecular weight is 586 g/mol. The van der Waals surface area contributed by atoms with E-state index in [1.54, 1.807) is 54.1 Å². The van der Waals surface area contributed by atoms with Crippen LogP contribution in [0.4, 0.5) is 4.39 Å². The number of sulfonamides is 1. The summed E-state index contributed by atoms with van der Waals surface area (Å²) >= 11 is 6.10. The molecule has 40 heavy (non-hydrogen) atoms. The fourth-order valence-corrected chi connectivity index (χ4v) is 6.13. The largest absolute Gasteiger partial charge is 0.497 e. The Morgan fingerprint density at radius 3 is 2.50 bits per heavy atom. The molecule has 3 aromatic carbocycles. The second-order valence-electron chi connectivity index (χ2n) is 9.42. The summed E-state index contributed by atoms with van der Waals surface area (Å²) < 4.78 is 62.1. The predicted molar refractivity (Wildman–Crippen MR) is 149 cm³/mol. The van der Waals surface area contributed by atoms with Crippen molar-refractivity contribution < 1.29 is 27.0 Å². The van der Waals surface area contributed by atoms with E-state index in [1.165, 1.54) is 41.7 Å². The molecule has 0 aliphatic carbocycles. The van der Waals surface area contributed by atoms with Crippen molar-refractivity contribution in [2.45, 2.75) is 37.3 Å². The zero-order chi connectivity index (χ0) is 28.3. The highest BCUT2D eigenvalue weighted by Crippen LogP contribution is 2.34. The molecular formula is C29H29ClFN3O5S. The van der Waals surface area contributed by atoms with Gasteiger partial charge in [-0.3, -0.25) is 0 Å². The summed E-state index contributed by atoms with van der Waals surface area (Å²) in [6.07, 6.45) is 1.37. The normalized spacial score (nSPS) is 15.5. The van der Waals surface area contributed by atoms with Gasteiger partial charge in [0.05, 0.1) is 35.1 Å². The average Bonchev–Trinajstić information content (AvgIpc) is 3.57. The number of halogens is 2. The van der Waals surface area contributed by atoms with Crippen LogP contribution in [0.3, 0.4) is 0 Å². The molecule has 0 saturated carbocycles. The lowest BCUT2D eigenvalue weighted by Crippen LogP contribution is -2.37. The van der Waals surface area contributed by atoms with Crippen LogP contribution in [0.2, 0.25) is 5.02 Å². The molecule has 0 radical (unpaired) electrons. The Morgan fingerprint density at radius 2 is 1.85 bits per heavy atom. The first-order valence-electron chi connectivity index (χ1n) is 12.8. The number of benzene rings is 3. The number of hydrogen-bond donors (Lipinski definition) is 0. The first kappa shape index (κ1) is 28.1. The van der Waals surface area contributed by atoms with Gasteiger partial charge in [-0.25, -0.2) is 17.5 Å². The zero-order valence-corrected chi connectivity index (χ0v) is 23.7. The van der Waals surface area contributed by atoms with Crippen LogP contribution in [0.5, 0.6) is 17.4 Å². The molecule has 1 fully saturated rings. The molecule has 1 saturated heterocycles. The zero-order valence-electron chi connectivity index (χ0n) is 22.1. The van der Waals surface area contributed by atoms with E-state index in [1.807, 2.05) is 0 Å². The van der Waals surface area contributed by atoms with Gasteiger partial charge >= 0.3 is 0 Å². The summed E-state index contributed by atoms with van der Waals surface area (Å²) in [4.78, 5) is 0.127. The second kappa shape index (κ2) is 12.0. The van der Waals surface area contributed by atoms with Gasteiger partial charge in [-0.15, -0.1) is 0 Å². The maximum Gasteiger partial charge on any atom is 0.243 e. The van der Waals surface area contributed by atoms with Crippen LogP contribution in [-0.2, 0) is 21.3 Å². The van der Waals surface area contributed by atoms with Gasteiger partial charge in [-0.05, 0) is 80.4 Å². The van der Waals surface area contributed by atoms with Gasteiger partial charge in [0.25, 0.3) is 0 Å². The fourth-order valence-electron chi connectivity index (χ4n) is 4.56. The summed E-state index contributed by atoms with van der Waals surface area (Å²) in [6, 6.07) is 19.0. The molecule has 11 heteroatoms. The van der Waals surface area contributed by atoms with Gasteiger partial charge in [0, 0.05) is 30.8 Å². The third kappa shape index (κ3) is 6.15. The number of hydrogen-bond acceptors (Lipinski definition) is 6. The summed E-state index contributed by atoms with van der Waals surface area (Å²) in [6.45, 7) is 2.48. The molecule has 0 N–H and O–H groups in total. The van der Waals surface area contributed by atoms with Gasteiger partial charge in [-0.1, -0.05) is 17.7 Å². The molecule has 1 aliphatic heterocycles. The highest BCUT2D eigenvalue weighted by Gasteiger charge is 2.32. The van der Waals surface area contributed by atoms with Crippen LogP contribution in [0.25, 0.3) is 5.69 Å². The van der Waals surface area contributed by atoms with Crippen molar-refractivity contribution in [1.82, 2.24) is 14.1 Å². The van der Waals surface area contributed by atoms with Crippen molar-refractivity contribution >= 4 is 21.6 Å². The monoisotopic (exact) mass is 585 g/mol. The van der Waals surface area contributed by atoms with Crippen LogP contribution >= 0.6 is 11.6 Å². The summed E-state index contributed by atoms with van der Waals surface area (Å²) in [5, 5.41) is 5.23. The van der Waals surface area contributed by atoms with Crippen molar-refractivity contribution in [2.24, 2.45) is 0 Å². The minimum atomic E-state index is -3.96. The molecule has 4 aromatic rings. The molecule has 1 aromatic heterocycles. The van der Waals surface area contributed by atoms with E-state index in [9.17, 15) is 12.8 Å². The highest BCUT2D eigenvalue weighted by atomic mass is 35.5. The quantitative estimate of drug-likeness (QED) is 0.222. The molecule has 1 atom stereocenters. The van der Waals surface area contributed by atoms with E-state index in [0.29, 0.717) is 34.3 Å². The maximum atomic E-state index is 14.1. The lowest BCUT2D eigenvalue weighted by atomic mass is 10.2. The fraction of sp³-hybridized carbons (Fsp3) is 0.276. The smallest absolute Gasteiger partial charge is 0.243 e. The summed E-state index contributed by atoms with van der Waals surface area (Å²) in [7, 11) is -2.44. The molecule has 8 nitrogen and oxygen atoms in total. The predicted octanol–water partition coefficient (Wildman–Crippen LogP) is 6.14. The molecule has 0 bridgehead atoms. The third-order valence-electron chi connectivity index (χ3n) is 6.68. The molecule has 1 aliphatic rings. The van der Waals surface area contributed by atoms with E-state index in [4.69, 9.17) is 25.8 Å². The summed E-state index contributed by atoms with van der Waals surface area (Å²) in [5.74, 6) is 0.610. The van der Waals surface area contributed by atoms with Crippen molar-refractivity contribution in [2.75, 3.05) is 20.3 Å². The number of aromatic nitrogens is 2. The Balaban J connectivity index is 1.58. The van der Waals surface area contributed by atoms with E-state index in [-0.39, 0.29) is 35.7 Å². The van der Waals surface area contributed by atoms with Crippen molar-refractivity contribution in [1.29, 1.82) is 0 Å². The standard InChI is InChI=1S/C29H29ClFN3O5S/c1-20-28(19-33(18-26-7-4-16-38-26)40(35,36)27-14-12-24(37-2)13-15-27)29(39-25-6-3-5-22(31)17-25)34(32-20)23-10-8-21(30)9-11-23/h3,5-6,8-15,17,26H,4,7,16,18-19H2,1-2H3/t26-/m1/s1. The van der Waals surface area contributed by atoms with Crippen molar-refractivity contribution in [3.63, 3.8) is 0 Å². The van der Waals surface area contributed by atoms with E-state index in [2.05, 4.69) is 5.10 Å². The maximum absolute atomic E-state index is 14.1. The Labute approximate surface area is 237 Å². The number of ether oxygens (including phenoxy) is 3. The molecular weight excluding hydrogens is 557 g/mol. The molecule has 0 amide bonds. The van der Waals surface area contributed by atoms with E-state index >= 15 is 0 Å². The lowest BCUT2D eigenvalue weighted by molar-refractivity contribution is 0.0924. The first-order valence-corrected chi connectivity index (χ1v) is 14.6. The number of methoxy groups -OCH3 is 1. The second-order valence-corrected chi connectivity index (χ2v) is 11.8. The first-order chi connectivity index (χ1) is 19.2. The highest BCUT2D eigenvalue weighted by molar-refractivity contribution is 7.89. The van der Waals surface area contributed by atoms with Crippen LogP contribution < -0.4 is 9.47 Å². The van der Waals surface area contributed by atoms with Crippen molar-refractivity contribution in [3.05, 3.63) is 94.9 Å². The van der Waals surface area contributed by atoms with Crippen LogP contribution in [0.15, 0.2) is 77.7 Å². The SMILES string of the molecule is COc1ccc(S(=O)(=O)N(Cc2c(C)nn(-c3ccc(Cl)cc3)c2Oc2cccc(F)c2)C[C@H]2CCCO2)cc1. The van der Waals surface area contributed by atoms with Gasteiger partial charge in [0.1, 0.15) is 17.3 Å². The molecule has 5 rings (SSSR count). The number of nitrogens with zero attached hydrogens (tertiary/aromatic N) is 3. The Kier molecular flexibility index (Phi) is 8.41. The molecule has 0 unspecified atom stereocenters. The summed E-state index contributed by atoms with van der Waals surface area (Å²) in [5.41, 5.74) is 1.74. The lowest BCUT2D eigenvalue weighted by Gasteiger charge is -2.25. The minimum absolute atomic E-state index is 0.0434. The molecule has 210 valence electrons. The van der Waals surface area contributed by atoms with Gasteiger partial charge < -0.3 is 14.2 Å². The van der Waals surface area contributed by atoms with Gasteiger partial charge in [0.15, 0.2) is 0 Å². The Bertz CT molecular complexity index is 1570. The van der Waals surface area contributed by atoms with Gasteiger partial charge in [0.2, 0.25) is 15.9 Å². The van der Waals surface area contributed by atoms with Crippen molar-refractivity contribution in [3.8, 4) is 23.1 Å². The number of rotatable bonds is 10. The van der Waals surface area contributed by atoms with Crippen LogP contribution in [-0.4, -0.2) is 48.9 Å². The molecule has 0 spiro atoms. The topological polar surface area (TPSA) is 82.9 Å². The third-order valence-corrected chi connectivity index (χ3v) is 8.76. The Morgan fingerprint density at radius 1 is 1.10 bits per heavy atom. The molecule has 2 heterocycles. The van der Waals surface area contributed by atoms with E-state index < -0.39 is 15.8 Å².